The van der Waals surface area contributed by atoms with Crippen LogP contribution in [0, 0.1) is 0 Å². The van der Waals surface area contributed by atoms with Crippen LogP contribution in [0.15, 0.2) is 24.3 Å². The topological polar surface area (TPSA) is 41.6 Å². The molecule has 1 N–H and O–H groups in total. The molecule has 18 heavy (non-hydrogen) atoms. The molecule has 92 valence electrons. The van der Waals surface area contributed by atoms with E-state index in [0.29, 0.717) is 0 Å². The van der Waals surface area contributed by atoms with Crippen LogP contribution in [0.5, 0.6) is 0 Å². The number of nitrogens with zero attached hydrogens (tertiary/aromatic N) is 2. The maximum Gasteiger partial charge on any atom is 0.120 e. The zero-order valence-corrected chi connectivity index (χ0v) is 10.9. The molecule has 3 nitrogen and oxygen atoms in total. The van der Waals surface area contributed by atoms with Crippen molar-refractivity contribution >= 4 is 29.3 Å². The molecule has 1 aromatic heterocycles. The Morgan fingerprint density at radius 2 is 1.61 bits per heavy atom. The molecule has 0 saturated carbocycles. The summed E-state index contributed by atoms with van der Waals surface area (Å²) in [7, 11) is 0. The normalized spacial score (nSPS) is 12.6. The number of benzene rings is 1. The summed E-state index contributed by atoms with van der Waals surface area (Å²) in [6, 6.07) is 2.08. The van der Waals surface area contributed by atoms with Crippen molar-refractivity contribution in [3.63, 3.8) is 0 Å². The fraction of sp³-hybridized carbons (Fsp3) is 0.200. The van der Waals surface area contributed by atoms with Gasteiger partial charge in [0.05, 0.1) is 5.52 Å². The molecule has 0 unspecified atom stereocenters. The molecule has 0 bridgehead atoms. The van der Waals surface area contributed by atoms with Gasteiger partial charge in [0.25, 0.3) is 0 Å². The van der Waals surface area contributed by atoms with E-state index in [0.717, 1.165) is 16.6 Å². The monoisotopic (exact) mass is 239 g/mol. The highest BCUT2D eigenvalue weighted by molar-refractivity contribution is 5.92. The van der Waals surface area contributed by atoms with Gasteiger partial charge in [-0.1, -0.05) is 41.7 Å². The van der Waals surface area contributed by atoms with Crippen molar-refractivity contribution in [3.8, 4) is 0 Å². The molecule has 0 aliphatic rings. The lowest BCUT2D eigenvalue weighted by Crippen LogP contribution is -1.89. The smallest absolute Gasteiger partial charge is 0.120 e. The Hall–Kier alpha value is -2.16. The van der Waals surface area contributed by atoms with Crippen molar-refractivity contribution in [2.45, 2.75) is 20.8 Å². The van der Waals surface area contributed by atoms with E-state index in [4.69, 9.17) is 0 Å². The second kappa shape index (κ2) is 5.45. The minimum Gasteiger partial charge on any atom is -0.257 e. The van der Waals surface area contributed by atoms with Gasteiger partial charge >= 0.3 is 0 Å². The molecular weight excluding hydrogens is 222 g/mol. The van der Waals surface area contributed by atoms with E-state index in [1.807, 2.05) is 39.0 Å². The first-order valence-electron chi connectivity index (χ1n) is 6.07. The highest BCUT2D eigenvalue weighted by atomic mass is 15.3. The SMILES string of the molecule is CC=Cc1cc2[nH]nnc2c(C=CC)c1C=CC. The third kappa shape index (κ3) is 2.12. The molecule has 3 heteroatoms. The van der Waals surface area contributed by atoms with Gasteiger partial charge < -0.3 is 0 Å². The maximum absolute atomic E-state index is 4.17. The van der Waals surface area contributed by atoms with E-state index in [2.05, 4.69) is 39.7 Å². The van der Waals surface area contributed by atoms with Crippen LogP contribution in [0.1, 0.15) is 37.5 Å². The Morgan fingerprint density at radius 3 is 2.28 bits per heavy atom. The van der Waals surface area contributed by atoms with Crippen molar-refractivity contribution < 1.29 is 0 Å². The fourth-order valence-corrected chi connectivity index (χ4v) is 2.06. The predicted molar refractivity (Wildman–Crippen MR) is 78.0 cm³/mol. The van der Waals surface area contributed by atoms with Crippen molar-refractivity contribution in [2.24, 2.45) is 0 Å². The number of hydrogen-bond donors (Lipinski definition) is 1. The second-order valence-corrected chi connectivity index (χ2v) is 4.00. The number of aromatic amines is 1. The third-order valence-electron chi connectivity index (χ3n) is 2.74. The Bertz CT molecular complexity index is 630. The van der Waals surface area contributed by atoms with Crippen molar-refractivity contribution in [1.29, 1.82) is 0 Å². The largest absolute Gasteiger partial charge is 0.257 e. The van der Waals surface area contributed by atoms with E-state index in [-0.39, 0.29) is 0 Å². The number of nitrogens with one attached hydrogen (secondary N) is 1. The minimum atomic E-state index is 0.912. The van der Waals surface area contributed by atoms with Crippen LogP contribution in [0.3, 0.4) is 0 Å². The number of H-pyrrole nitrogens is 1. The van der Waals surface area contributed by atoms with E-state index < -0.39 is 0 Å². The van der Waals surface area contributed by atoms with Gasteiger partial charge in [0.1, 0.15) is 5.52 Å². The Labute approximate surface area is 107 Å². The van der Waals surface area contributed by atoms with Crippen LogP contribution in [0.4, 0.5) is 0 Å². The molecule has 0 amide bonds. The first-order chi connectivity index (χ1) is 8.81. The summed E-state index contributed by atoms with van der Waals surface area (Å²) in [5, 5.41) is 11.0. The van der Waals surface area contributed by atoms with Gasteiger partial charge in [0.15, 0.2) is 0 Å². The first-order valence-corrected chi connectivity index (χ1v) is 6.07. The summed E-state index contributed by atoms with van der Waals surface area (Å²) >= 11 is 0. The lowest BCUT2D eigenvalue weighted by Gasteiger charge is -2.07. The lowest BCUT2D eigenvalue weighted by molar-refractivity contribution is 0.959. The van der Waals surface area contributed by atoms with Gasteiger partial charge in [-0.2, -0.15) is 0 Å². The number of aromatic nitrogens is 3. The summed E-state index contributed by atoms with van der Waals surface area (Å²) in [5.41, 5.74) is 5.33. The average molecular weight is 239 g/mol. The molecule has 0 spiro atoms. The highest BCUT2D eigenvalue weighted by Crippen LogP contribution is 2.27. The average Bonchev–Trinajstić information content (AvgIpc) is 2.81. The molecule has 0 radical (unpaired) electrons. The quantitative estimate of drug-likeness (QED) is 0.877. The zero-order valence-electron chi connectivity index (χ0n) is 10.9. The third-order valence-corrected chi connectivity index (χ3v) is 2.74. The Morgan fingerprint density at radius 1 is 0.944 bits per heavy atom. The molecule has 0 aliphatic heterocycles. The minimum absolute atomic E-state index is 0.912. The number of allylic oxidation sites excluding steroid dienone is 3. The number of hydrogen-bond acceptors (Lipinski definition) is 2. The summed E-state index contributed by atoms with van der Waals surface area (Å²) in [6.07, 6.45) is 12.4. The van der Waals surface area contributed by atoms with Crippen LogP contribution in [0.25, 0.3) is 29.3 Å². The number of fused-ring (bicyclic) bond motifs is 1. The zero-order chi connectivity index (χ0) is 13.0. The molecular formula is C15H17N3. The van der Waals surface area contributed by atoms with Crippen molar-refractivity contribution in [2.75, 3.05) is 0 Å². The Balaban J connectivity index is 2.86. The van der Waals surface area contributed by atoms with Gasteiger partial charge in [0.2, 0.25) is 0 Å². The molecule has 0 atom stereocenters. The standard InChI is InChI=1S/C15H17N3/c1-4-7-11-10-14-15(17-18-16-14)13(9-6-3)12(11)8-5-2/h4-10H,1-3H3,(H,16,17,18). The maximum atomic E-state index is 4.17. The molecule has 2 rings (SSSR count). The van der Waals surface area contributed by atoms with Gasteiger partial charge in [-0.05, 0) is 38.0 Å². The summed E-state index contributed by atoms with van der Waals surface area (Å²) in [6.45, 7) is 6.05. The second-order valence-electron chi connectivity index (χ2n) is 4.00. The van der Waals surface area contributed by atoms with Crippen molar-refractivity contribution in [1.82, 2.24) is 15.4 Å². The van der Waals surface area contributed by atoms with E-state index in [9.17, 15) is 0 Å². The van der Waals surface area contributed by atoms with E-state index >= 15 is 0 Å². The summed E-state index contributed by atoms with van der Waals surface area (Å²) in [4.78, 5) is 0. The fourth-order valence-electron chi connectivity index (χ4n) is 2.06. The summed E-state index contributed by atoms with van der Waals surface area (Å²) in [5.74, 6) is 0. The lowest BCUT2D eigenvalue weighted by atomic mass is 9.97. The van der Waals surface area contributed by atoms with E-state index in [1.54, 1.807) is 0 Å². The molecule has 0 saturated heterocycles. The van der Waals surface area contributed by atoms with E-state index in [1.165, 1.54) is 11.1 Å². The van der Waals surface area contributed by atoms with Crippen LogP contribution in [0.2, 0.25) is 0 Å². The van der Waals surface area contributed by atoms with Crippen LogP contribution in [-0.4, -0.2) is 15.4 Å². The molecule has 2 aromatic rings. The Kier molecular flexibility index (Phi) is 3.72. The predicted octanol–water partition coefficient (Wildman–Crippen LogP) is 4.06. The first kappa shape index (κ1) is 12.3. The van der Waals surface area contributed by atoms with Crippen LogP contribution >= 0.6 is 0 Å². The van der Waals surface area contributed by atoms with Gasteiger partial charge in [0, 0.05) is 5.56 Å². The molecule has 1 aromatic carbocycles. The molecule has 0 aliphatic carbocycles. The highest BCUT2D eigenvalue weighted by Gasteiger charge is 2.10. The van der Waals surface area contributed by atoms with Crippen LogP contribution in [-0.2, 0) is 0 Å². The van der Waals surface area contributed by atoms with Crippen LogP contribution < -0.4 is 0 Å². The molecule has 1 heterocycles. The van der Waals surface area contributed by atoms with Gasteiger partial charge in [-0.15, -0.1) is 5.10 Å². The molecule has 0 fully saturated rings. The van der Waals surface area contributed by atoms with Crippen molar-refractivity contribution in [3.05, 3.63) is 41.0 Å². The van der Waals surface area contributed by atoms with Gasteiger partial charge in [-0.25, -0.2) is 0 Å². The van der Waals surface area contributed by atoms with Gasteiger partial charge in [-0.3, -0.25) is 5.10 Å². The number of rotatable bonds is 3. The summed E-state index contributed by atoms with van der Waals surface area (Å²) < 4.78 is 0.